The van der Waals surface area contributed by atoms with Crippen LogP contribution in [0.15, 0.2) is 24.3 Å². The lowest BCUT2D eigenvalue weighted by molar-refractivity contribution is -0.119. The lowest BCUT2D eigenvalue weighted by Crippen LogP contribution is -2.21. The third kappa shape index (κ3) is 4.09. The van der Waals surface area contributed by atoms with Crippen LogP contribution in [-0.2, 0) is 16.0 Å². The summed E-state index contributed by atoms with van der Waals surface area (Å²) in [5, 5.41) is 6.50. The smallest absolute Gasteiger partial charge is 0.352 e. The van der Waals surface area contributed by atoms with E-state index in [2.05, 4.69) is 14.9 Å². The topological polar surface area (TPSA) is 81.2 Å². The number of nitrogens with zero attached hydrogens (tertiary/aromatic N) is 2. The molecule has 110 valence electrons. The molecule has 0 bridgehead atoms. The number of amides is 1. The van der Waals surface area contributed by atoms with Gasteiger partial charge in [-0.2, -0.15) is 0 Å². The molecular formula is C14H15N3O3S. The summed E-state index contributed by atoms with van der Waals surface area (Å²) < 4.78 is 8.68. The van der Waals surface area contributed by atoms with Crippen LogP contribution in [0.25, 0.3) is 0 Å². The Morgan fingerprint density at radius 1 is 1.38 bits per heavy atom. The lowest BCUT2D eigenvalue weighted by atomic mass is 10.2. The predicted octanol–water partition coefficient (Wildman–Crippen LogP) is 2.20. The average Bonchev–Trinajstić information content (AvgIpc) is 2.93. The van der Waals surface area contributed by atoms with Gasteiger partial charge in [-0.25, -0.2) is 4.79 Å². The van der Waals surface area contributed by atoms with E-state index >= 15 is 0 Å². The first-order chi connectivity index (χ1) is 10.1. The predicted molar refractivity (Wildman–Crippen MR) is 79.4 cm³/mol. The molecule has 1 heterocycles. The third-order valence-corrected chi connectivity index (χ3v) is 3.46. The first kappa shape index (κ1) is 15.1. The molecule has 0 radical (unpaired) electrons. The van der Waals surface area contributed by atoms with Crippen LogP contribution >= 0.6 is 11.5 Å². The molecule has 7 heteroatoms. The minimum Gasteiger partial charge on any atom is -0.451 e. The Hall–Kier alpha value is -2.28. The molecule has 6 nitrogen and oxygen atoms in total. The molecule has 2 rings (SSSR count). The van der Waals surface area contributed by atoms with E-state index in [4.69, 9.17) is 4.74 Å². The number of carbonyl (C=O) groups is 2. The third-order valence-electron chi connectivity index (χ3n) is 2.71. The summed E-state index contributed by atoms with van der Waals surface area (Å²) in [4.78, 5) is 23.9. The summed E-state index contributed by atoms with van der Waals surface area (Å²) in [6, 6.07) is 7.38. The first-order valence-corrected chi connectivity index (χ1v) is 7.22. The van der Waals surface area contributed by atoms with E-state index in [0.29, 0.717) is 22.7 Å². The number of nitrogens with one attached hydrogen (secondary N) is 1. The Bertz CT molecular complexity index is 654. The van der Waals surface area contributed by atoms with Gasteiger partial charge in [0.05, 0.1) is 5.69 Å². The van der Waals surface area contributed by atoms with Crippen molar-refractivity contribution < 1.29 is 14.3 Å². The van der Waals surface area contributed by atoms with Crippen molar-refractivity contribution in [2.24, 2.45) is 0 Å². The molecule has 0 atom stereocenters. The number of carbonyl (C=O) groups excluding carboxylic acids is 2. The van der Waals surface area contributed by atoms with Gasteiger partial charge >= 0.3 is 5.97 Å². The van der Waals surface area contributed by atoms with Crippen LogP contribution in [0, 0.1) is 6.92 Å². The summed E-state index contributed by atoms with van der Waals surface area (Å²) in [5.74, 6) is -0.953. The van der Waals surface area contributed by atoms with Gasteiger partial charge in [-0.15, -0.1) is 5.10 Å². The Morgan fingerprint density at radius 3 is 2.90 bits per heavy atom. The number of aryl methyl sites for hydroxylation is 2. The van der Waals surface area contributed by atoms with Crippen molar-refractivity contribution in [1.29, 1.82) is 0 Å². The Kier molecular flexibility index (Phi) is 4.99. The van der Waals surface area contributed by atoms with E-state index in [9.17, 15) is 9.59 Å². The summed E-state index contributed by atoms with van der Waals surface area (Å²) in [6.45, 7) is 3.46. The molecular weight excluding hydrogens is 290 g/mol. The molecule has 1 N–H and O–H groups in total. The average molecular weight is 305 g/mol. The zero-order valence-electron chi connectivity index (χ0n) is 11.8. The maximum atomic E-state index is 11.8. The highest BCUT2D eigenvalue weighted by molar-refractivity contribution is 7.07. The molecule has 1 aromatic carbocycles. The molecule has 0 saturated carbocycles. The second-order valence-electron chi connectivity index (χ2n) is 4.40. The van der Waals surface area contributed by atoms with Crippen LogP contribution in [0.4, 0.5) is 5.69 Å². The second kappa shape index (κ2) is 6.94. The Labute approximate surface area is 126 Å². The fourth-order valence-corrected chi connectivity index (χ4v) is 2.36. The van der Waals surface area contributed by atoms with E-state index in [0.717, 1.165) is 17.1 Å². The number of hydrogen-bond acceptors (Lipinski definition) is 6. The number of benzene rings is 1. The molecule has 0 aliphatic rings. The van der Waals surface area contributed by atoms with Gasteiger partial charge in [0.2, 0.25) is 0 Å². The van der Waals surface area contributed by atoms with Crippen molar-refractivity contribution in [2.75, 3.05) is 11.9 Å². The first-order valence-electron chi connectivity index (χ1n) is 6.45. The molecule has 0 unspecified atom stereocenters. The minimum absolute atomic E-state index is 0.339. The summed E-state index contributed by atoms with van der Waals surface area (Å²) in [7, 11) is 0. The molecule has 0 saturated heterocycles. The van der Waals surface area contributed by atoms with E-state index in [1.165, 1.54) is 0 Å². The van der Waals surface area contributed by atoms with Gasteiger partial charge in [-0.3, -0.25) is 4.79 Å². The SMILES string of the molecule is CCc1nnsc1C(=O)OCC(=O)Nc1cccc(C)c1. The molecule has 0 fully saturated rings. The molecule has 0 aliphatic carbocycles. The van der Waals surface area contributed by atoms with Gasteiger partial charge in [-0.1, -0.05) is 23.5 Å². The van der Waals surface area contributed by atoms with Gasteiger partial charge in [0.1, 0.15) is 0 Å². The molecule has 0 spiro atoms. The summed E-state index contributed by atoms with van der Waals surface area (Å²) >= 11 is 0.972. The van der Waals surface area contributed by atoms with Gasteiger partial charge in [0, 0.05) is 5.69 Å². The van der Waals surface area contributed by atoms with Gasteiger partial charge in [0.15, 0.2) is 11.5 Å². The van der Waals surface area contributed by atoms with Crippen LogP contribution in [-0.4, -0.2) is 28.1 Å². The standard InChI is InChI=1S/C14H15N3O3S/c1-3-11-13(21-17-16-11)14(19)20-8-12(18)15-10-6-4-5-9(2)7-10/h4-7H,3,8H2,1-2H3,(H,15,18). The molecule has 1 aromatic heterocycles. The maximum Gasteiger partial charge on any atom is 0.352 e. The number of hydrogen-bond donors (Lipinski definition) is 1. The fourth-order valence-electron chi connectivity index (χ4n) is 1.71. The van der Waals surface area contributed by atoms with Gasteiger partial charge < -0.3 is 10.1 Å². The Balaban J connectivity index is 1.88. The Morgan fingerprint density at radius 2 is 2.19 bits per heavy atom. The monoisotopic (exact) mass is 305 g/mol. The van der Waals surface area contributed by atoms with E-state index < -0.39 is 5.97 Å². The highest BCUT2D eigenvalue weighted by atomic mass is 32.1. The van der Waals surface area contributed by atoms with Crippen LogP contribution in [0.3, 0.4) is 0 Å². The largest absolute Gasteiger partial charge is 0.451 e. The molecule has 1 amide bonds. The minimum atomic E-state index is -0.568. The van der Waals surface area contributed by atoms with Crippen molar-refractivity contribution in [3.63, 3.8) is 0 Å². The molecule has 0 aliphatic heterocycles. The van der Waals surface area contributed by atoms with Crippen LogP contribution < -0.4 is 5.32 Å². The highest BCUT2D eigenvalue weighted by Crippen LogP contribution is 2.13. The van der Waals surface area contributed by atoms with Crippen LogP contribution in [0.5, 0.6) is 0 Å². The number of aromatic nitrogens is 2. The summed E-state index contributed by atoms with van der Waals surface area (Å²) in [6.07, 6.45) is 0.594. The van der Waals surface area contributed by atoms with Crippen molar-refractivity contribution in [3.05, 3.63) is 40.4 Å². The maximum absolute atomic E-state index is 11.8. The van der Waals surface area contributed by atoms with E-state index in [1.54, 1.807) is 6.07 Å². The molecule has 21 heavy (non-hydrogen) atoms. The quantitative estimate of drug-likeness (QED) is 0.856. The van der Waals surface area contributed by atoms with Crippen molar-refractivity contribution in [1.82, 2.24) is 9.59 Å². The lowest BCUT2D eigenvalue weighted by Gasteiger charge is -2.06. The van der Waals surface area contributed by atoms with Gasteiger partial charge in [-0.05, 0) is 42.6 Å². The number of ether oxygens (including phenoxy) is 1. The second-order valence-corrected chi connectivity index (χ2v) is 5.15. The number of anilines is 1. The normalized spacial score (nSPS) is 10.2. The number of esters is 1. The summed E-state index contributed by atoms with van der Waals surface area (Å²) in [5.41, 5.74) is 2.29. The van der Waals surface area contributed by atoms with Crippen LogP contribution in [0.2, 0.25) is 0 Å². The zero-order chi connectivity index (χ0) is 15.2. The van der Waals surface area contributed by atoms with E-state index in [-0.39, 0.29) is 12.5 Å². The number of rotatable bonds is 5. The van der Waals surface area contributed by atoms with Crippen molar-refractivity contribution >= 4 is 29.1 Å². The van der Waals surface area contributed by atoms with Crippen LogP contribution in [0.1, 0.15) is 27.9 Å². The van der Waals surface area contributed by atoms with E-state index in [1.807, 2.05) is 32.0 Å². The van der Waals surface area contributed by atoms with Crippen molar-refractivity contribution in [2.45, 2.75) is 20.3 Å². The van der Waals surface area contributed by atoms with Gasteiger partial charge in [0.25, 0.3) is 5.91 Å². The highest BCUT2D eigenvalue weighted by Gasteiger charge is 2.17. The molecule has 2 aromatic rings. The van der Waals surface area contributed by atoms with Crippen molar-refractivity contribution in [3.8, 4) is 0 Å². The zero-order valence-corrected chi connectivity index (χ0v) is 12.6. The fraction of sp³-hybridized carbons (Fsp3) is 0.286.